The second kappa shape index (κ2) is 10.3. The average molecular weight is 412 g/mol. The minimum atomic E-state index is -0.216. The molecular formula is C23H28ClN4O+. The molecule has 0 heterocycles. The lowest BCUT2D eigenvalue weighted by Gasteiger charge is -2.28. The van der Waals surface area contributed by atoms with E-state index in [0.717, 1.165) is 12.2 Å². The second-order valence-corrected chi connectivity index (χ2v) is 8.16. The van der Waals surface area contributed by atoms with Crippen molar-refractivity contribution in [2.45, 2.75) is 44.7 Å². The van der Waals surface area contributed by atoms with Gasteiger partial charge in [0.15, 0.2) is 0 Å². The van der Waals surface area contributed by atoms with Crippen molar-refractivity contribution in [2.24, 2.45) is 0 Å². The molecule has 1 aliphatic carbocycles. The highest BCUT2D eigenvalue weighted by Crippen LogP contribution is 2.21. The molecule has 1 aliphatic rings. The van der Waals surface area contributed by atoms with Crippen LogP contribution in [0.3, 0.4) is 0 Å². The summed E-state index contributed by atoms with van der Waals surface area (Å²) in [5, 5.41) is 15.7. The Morgan fingerprint density at radius 1 is 1.17 bits per heavy atom. The Hall–Kier alpha value is -2.55. The fourth-order valence-corrected chi connectivity index (χ4v) is 4.15. The minimum Gasteiger partial charge on any atom is -0.376 e. The number of carbonyl (C=O) groups excluding carboxylic acids is 1. The maximum absolute atomic E-state index is 12.4. The smallest absolute Gasteiger partial charge is 0.243 e. The van der Waals surface area contributed by atoms with Crippen molar-refractivity contribution in [3.63, 3.8) is 0 Å². The average Bonchev–Trinajstić information content (AvgIpc) is 2.74. The number of hydrogen-bond acceptors (Lipinski definition) is 3. The Labute approximate surface area is 177 Å². The number of amides is 1. The molecular weight excluding hydrogens is 384 g/mol. The monoisotopic (exact) mass is 411 g/mol. The zero-order chi connectivity index (χ0) is 20.6. The number of hydrogen-bond donors (Lipinski definition) is 3. The maximum Gasteiger partial charge on any atom is 0.243 e. The zero-order valence-electron chi connectivity index (χ0n) is 16.8. The van der Waals surface area contributed by atoms with Crippen LogP contribution in [0.15, 0.2) is 42.5 Å². The van der Waals surface area contributed by atoms with Crippen LogP contribution < -0.4 is 15.5 Å². The van der Waals surface area contributed by atoms with Crippen molar-refractivity contribution in [2.75, 3.05) is 24.2 Å². The summed E-state index contributed by atoms with van der Waals surface area (Å²) in [6.07, 6.45) is 6.61. The van der Waals surface area contributed by atoms with Crippen LogP contribution in [0.25, 0.3) is 0 Å². The van der Waals surface area contributed by atoms with Gasteiger partial charge in [-0.2, -0.15) is 5.26 Å². The molecule has 1 atom stereocenters. The highest BCUT2D eigenvalue weighted by Gasteiger charge is 2.22. The lowest BCUT2D eigenvalue weighted by Crippen LogP contribution is -3.11. The SMILES string of the molecule is C[NH+](Cc1ccccc1NCC(=O)Nc1cc(Cl)ccc1C#N)C1CCCCC1. The molecule has 0 aromatic heterocycles. The summed E-state index contributed by atoms with van der Waals surface area (Å²) >= 11 is 5.98. The van der Waals surface area contributed by atoms with Gasteiger partial charge in [0.1, 0.15) is 12.6 Å². The van der Waals surface area contributed by atoms with Crippen LogP contribution in [0, 0.1) is 11.3 Å². The number of carbonyl (C=O) groups is 1. The first-order valence-electron chi connectivity index (χ1n) is 10.2. The van der Waals surface area contributed by atoms with E-state index in [1.165, 1.54) is 42.6 Å². The van der Waals surface area contributed by atoms with Crippen LogP contribution in [0.2, 0.25) is 5.02 Å². The second-order valence-electron chi connectivity index (χ2n) is 7.72. The molecule has 0 saturated heterocycles. The number of nitrogens with one attached hydrogen (secondary N) is 3. The highest BCUT2D eigenvalue weighted by atomic mass is 35.5. The Kier molecular flexibility index (Phi) is 7.51. The van der Waals surface area contributed by atoms with E-state index >= 15 is 0 Å². The van der Waals surface area contributed by atoms with E-state index in [1.54, 1.807) is 18.2 Å². The largest absolute Gasteiger partial charge is 0.376 e. The Morgan fingerprint density at radius 2 is 1.93 bits per heavy atom. The van der Waals surface area contributed by atoms with Crippen LogP contribution in [0.1, 0.15) is 43.2 Å². The Bertz CT molecular complexity index is 887. The van der Waals surface area contributed by atoms with Crippen molar-refractivity contribution in [3.8, 4) is 6.07 Å². The van der Waals surface area contributed by atoms with Crippen LogP contribution in [0.5, 0.6) is 0 Å². The van der Waals surface area contributed by atoms with E-state index in [9.17, 15) is 10.1 Å². The third kappa shape index (κ3) is 5.96. The van der Waals surface area contributed by atoms with Gasteiger partial charge in [-0.1, -0.05) is 36.2 Å². The van der Waals surface area contributed by atoms with Crippen molar-refractivity contribution in [3.05, 3.63) is 58.6 Å². The molecule has 3 rings (SSSR count). The van der Waals surface area contributed by atoms with Crippen molar-refractivity contribution < 1.29 is 9.69 Å². The van der Waals surface area contributed by atoms with Crippen LogP contribution >= 0.6 is 11.6 Å². The Balaban J connectivity index is 1.60. The van der Waals surface area contributed by atoms with Gasteiger partial charge in [-0.05, 0) is 49.9 Å². The number of para-hydroxylation sites is 1. The summed E-state index contributed by atoms with van der Waals surface area (Å²) in [6.45, 7) is 1.05. The molecule has 1 saturated carbocycles. The number of rotatable bonds is 7. The standard InChI is InChI=1S/C23H27ClN4O/c1-28(20-8-3-2-4-9-20)16-18-7-5-6-10-21(18)26-15-23(29)27-22-13-19(24)12-11-17(22)14-25/h5-7,10-13,20,26H,2-4,8-9,15-16H2,1H3,(H,27,29)/p+1. The van der Waals surface area contributed by atoms with E-state index < -0.39 is 0 Å². The summed E-state index contributed by atoms with van der Waals surface area (Å²) in [7, 11) is 2.27. The van der Waals surface area contributed by atoms with Gasteiger partial charge in [0.2, 0.25) is 5.91 Å². The van der Waals surface area contributed by atoms with Crippen molar-refractivity contribution >= 4 is 28.9 Å². The first-order valence-corrected chi connectivity index (χ1v) is 10.6. The molecule has 5 nitrogen and oxygen atoms in total. The summed E-state index contributed by atoms with van der Waals surface area (Å²) < 4.78 is 0. The molecule has 2 aromatic rings. The summed E-state index contributed by atoms with van der Waals surface area (Å²) in [5.41, 5.74) is 3.01. The third-order valence-electron chi connectivity index (χ3n) is 5.60. The molecule has 29 heavy (non-hydrogen) atoms. The van der Waals surface area contributed by atoms with Crippen LogP contribution in [-0.2, 0) is 11.3 Å². The van der Waals surface area contributed by atoms with Gasteiger partial charge in [-0.3, -0.25) is 4.79 Å². The summed E-state index contributed by atoms with van der Waals surface area (Å²) in [6, 6.07) is 15.8. The molecule has 1 unspecified atom stereocenters. The van der Waals surface area contributed by atoms with Gasteiger partial charge in [0.25, 0.3) is 0 Å². The number of benzene rings is 2. The first-order chi connectivity index (χ1) is 14.1. The molecule has 0 aliphatic heterocycles. The van der Waals surface area contributed by atoms with Crippen LogP contribution in [-0.4, -0.2) is 25.5 Å². The molecule has 6 heteroatoms. The fourth-order valence-electron chi connectivity index (χ4n) is 3.97. The molecule has 1 amide bonds. The molecule has 0 spiro atoms. The normalized spacial score (nSPS) is 15.3. The number of anilines is 2. The summed E-state index contributed by atoms with van der Waals surface area (Å²) in [4.78, 5) is 13.9. The van der Waals surface area contributed by atoms with Gasteiger partial charge in [0, 0.05) is 16.3 Å². The van der Waals surface area contributed by atoms with E-state index in [4.69, 9.17) is 11.6 Å². The van der Waals surface area contributed by atoms with Gasteiger partial charge in [-0.25, -0.2) is 0 Å². The molecule has 3 N–H and O–H groups in total. The van der Waals surface area contributed by atoms with E-state index in [1.807, 2.05) is 18.2 Å². The minimum absolute atomic E-state index is 0.122. The van der Waals surface area contributed by atoms with Gasteiger partial charge in [0.05, 0.1) is 30.9 Å². The van der Waals surface area contributed by atoms with Gasteiger partial charge in [-0.15, -0.1) is 0 Å². The number of halogens is 1. The quantitative estimate of drug-likeness (QED) is 0.651. The predicted octanol–water partition coefficient (Wildman–Crippen LogP) is 3.61. The molecule has 1 fully saturated rings. The van der Waals surface area contributed by atoms with Gasteiger partial charge < -0.3 is 15.5 Å². The maximum atomic E-state index is 12.4. The predicted molar refractivity (Wildman–Crippen MR) is 117 cm³/mol. The molecule has 0 bridgehead atoms. The Morgan fingerprint density at radius 3 is 2.69 bits per heavy atom. The topological polar surface area (TPSA) is 69.4 Å². The molecule has 152 valence electrons. The van der Waals surface area contributed by atoms with Crippen molar-refractivity contribution in [1.29, 1.82) is 5.26 Å². The lowest BCUT2D eigenvalue weighted by molar-refractivity contribution is -0.921. The number of quaternary nitrogens is 1. The lowest BCUT2D eigenvalue weighted by atomic mass is 9.94. The molecule has 0 radical (unpaired) electrons. The fraction of sp³-hybridized carbons (Fsp3) is 0.391. The van der Waals surface area contributed by atoms with Crippen molar-refractivity contribution in [1.82, 2.24) is 0 Å². The first kappa shape index (κ1) is 21.2. The van der Waals surface area contributed by atoms with E-state index in [2.05, 4.69) is 29.8 Å². The third-order valence-corrected chi connectivity index (χ3v) is 5.84. The van der Waals surface area contributed by atoms with Crippen LogP contribution in [0.4, 0.5) is 11.4 Å². The summed E-state index contributed by atoms with van der Waals surface area (Å²) in [5.74, 6) is -0.216. The highest BCUT2D eigenvalue weighted by molar-refractivity contribution is 6.31. The van der Waals surface area contributed by atoms with E-state index in [-0.39, 0.29) is 12.5 Å². The van der Waals surface area contributed by atoms with E-state index in [0.29, 0.717) is 22.3 Å². The number of nitrogens with zero attached hydrogens (tertiary/aromatic N) is 1. The van der Waals surface area contributed by atoms with Gasteiger partial charge >= 0.3 is 0 Å². The zero-order valence-corrected chi connectivity index (χ0v) is 17.6. The number of nitriles is 1. The molecule has 2 aromatic carbocycles.